The Labute approximate surface area is 109 Å². The molecule has 2 N–H and O–H groups in total. The number of aliphatic hydroxyl groups is 1. The normalized spacial score (nSPS) is 17.7. The van der Waals surface area contributed by atoms with E-state index in [0.29, 0.717) is 6.54 Å². The molecule has 1 aliphatic heterocycles. The van der Waals surface area contributed by atoms with Crippen LogP contribution in [0.2, 0.25) is 0 Å². The fourth-order valence-electron chi connectivity index (χ4n) is 2.27. The van der Waals surface area contributed by atoms with Gasteiger partial charge in [0.15, 0.2) is 0 Å². The molecule has 18 heavy (non-hydrogen) atoms. The quantitative estimate of drug-likeness (QED) is 0.804. The Morgan fingerprint density at radius 2 is 1.94 bits per heavy atom. The third-order valence-electron chi connectivity index (χ3n) is 3.30. The number of nitrogens with one attached hydrogen (secondary N) is 1. The maximum Gasteiger partial charge on any atom is 0.119 e. The highest BCUT2D eigenvalue weighted by atomic mass is 16.5. The number of nitrogens with zero attached hydrogens (tertiary/aromatic N) is 1. The lowest BCUT2D eigenvalue weighted by atomic mass is 10.2. The van der Waals surface area contributed by atoms with Crippen LogP contribution in [0.4, 0.5) is 5.69 Å². The molecule has 1 aromatic rings. The summed E-state index contributed by atoms with van der Waals surface area (Å²) in [7, 11) is 1.65. The molecular formula is C14H22N2O2. The van der Waals surface area contributed by atoms with E-state index in [1.54, 1.807) is 7.11 Å². The van der Waals surface area contributed by atoms with Gasteiger partial charge in [-0.3, -0.25) is 0 Å². The lowest BCUT2D eigenvalue weighted by molar-refractivity contribution is 0.135. The summed E-state index contributed by atoms with van der Waals surface area (Å²) < 4.78 is 5.10. The second kappa shape index (κ2) is 6.61. The molecule has 0 bridgehead atoms. The van der Waals surface area contributed by atoms with Gasteiger partial charge in [0, 0.05) is 18.8 Å². The predicted molar refractivity (Wildman–Crippen MR) is 73.2 cm³/mol. The molecular weight excluding hydrogens is 228 g/mol. The zero-order valence-electron chi connectivity index (χ0n) is 10.9. The Balaban J connectivity index is 1.72. The van der Waals surface area contributed by atoms with Gasteiger partial charge in [-0.15, -0.1) is 0 Å². The maximum absolute atomic E-state index is 9.94. The number of rotatable bonds is 6. The van der Waals surface area contributed by atoms with E-state index >= 15 is 0 Å². The Morgan fingerprint density at radius 3 is 2.56 bits per heavy atom. The molecule has 0 aliphatic carbocycles. The van der Waals surface area contributed by atoms with E-state index in [1.807, 2.05) is 24.3 Å². The van der Waals surface area contributed by atoms with Crippen LogP contribution in [0.15, 0.2) is 24.3 Å². The van der Waals surface area contributed by atoms with Crippen molar-refractivity contribution in [3.8, 4) is 5.75 Å². The number of aliphatic hydroxyl groups excluding tert-OH is 1. The fraction of sp³-hybridized carbons (Fsp3) is 0.571. The zero-order valence-corrected chi connectivity index (χ0v) is 10.9. The second-order valence-electron chi connectivity index (χ2n) is 4.77. The minimum atomic E-state index is -0.315. The first-order valence-electron chi connectivity index (χ1n) is 6.56. The minimum absolute atomic E-state index is 0.315. The number of hydrogen-bond acceptors (Lipinski definition) is 4. The van der Waals surface area contributed by atoms with Crippen molar-refractivity contribution in [1.82, 2.24) is 4.90 Å². The van der Waals surface area contributed by atoms with Crippen LogP contribution in [0, 0.1) is 0 Å². The first-order valence-corrected chi connectivity index (χ1v) is 6.56. The molecule has 0 amide bonds. The van der Waals surface area contributed by atoms with E-state index < -0.39 is 0 Å². The Morgan fingerprint density at radius 1 is 1.28 bits per heavy atom. The van der Waals surface area contributed by atoms with Crippen molar-refractivity contribution >= 4 is 5.69 Å². The van der Waals surface area contributed by atoms with E-state index in [9.17, 15) is 5.11 Å². The van der Waals surface area contributed by atoms with Crippen molar-refractivity contribution in [2.75, 3.05) is 38.6 Å². The van der Waals surface area contributed by atoms with Gasteiger partial charge in [-0.25, -0.2) is 0 Å². The zero-order chi connectivity index (χ0) is 12.8. The van der Waals surface area contributed by atoms with Crippen LogP contribution in [0.1, 0.15) is 12.8 Å². The largest absolute Gasteiger partial charge is 0.497 e. The highest BCUT2D eigenvalue weighted by Gasteiger charge is 2.15. The minimum Gasteiger partial charge on any atom is -0.497 e. The number of methoxy groups -OCH3 is 1. The van der Waals surface area contributed by atoms with Gasteiger partial charge in [0.05, 0.1) is 13.2 Å². The molecule has 1 fully saturated rings. The molecule has 4 nitrogen and oxygen atoms in total. The molecule has 0 unspecified atom stereocenters. The topological polar surface area (TPSA) is 44.7 Å². The molecule has 0 radical (unpaired) electrons. The van der Waals surface area contributed by atoms with Crippen molar-refractivity contribution in [3.63, 3.8) is 0 Å². The average Bonchev–Trinajstić information content (AvgIpc) is 2.90. The fourth-order valence-corrected chi connectivity index (χ4v) is 2.27. The van der Waals surface area contributed by atoms with Crippen LogP contribution in [0.3, 0.4) is 0 Å². The molecule has 0 saturated carbocycles. The van der Waals surface area contributed by atoms with Crippen molar-refractivity contribution < 1.29 is 9.84 Å². The average molecular weight is 250 g/mol. The summed E-state index contributed by atoms with van der Waals surface area (Å²) >= 11 is 0. The molecule has 1 atom stereocenters. The van der Waals surface area contributed by atoms with Gasteiger partial charge in [-0.05, 0) is 50.2 Å². The summed E-state index contributed by atoms with van der Waals surface area (Å²) in [4.78, 5) is 2.32. The first-order chi connectivity index (χ1) is 8.78. The molecule has 0 spiro atoms. The smallest absolute Gasteiger partial charge is 0.119 e. The van der Waals surface area contributed by atoms with E-state index in [1.165, 1.54) is 12.8 Å². The molecule has 0 aromatic heterocycles. The summed E-state index contributed by atoms with van der Waals surface area (Å²) in [5.74, 6) is 0.846. The van der Waals surface area contributed by atoms with Crippen molar-refractivity contribution in [3.05, 3.63) is 24.3 Å². The third-order valence-corrected chi connectivity index (χ3v) is 3.30. The predicted octanol–water partition coefficient (Wildman–Crippen LogP) is 1.56. The highest BCUT2D eigenvalue weighted by molar-refractivity contribution is 5.46. The first kappa shape index (κ1) is 13.2. The number of β-amino-alcohol motifs (C(OH)–C–C–N with tert-alkyl or cyclic N) is 1. The van der Waals surface area contributed by atoms with Crippen LogP contribution < -0.4 is 10.1 Å². The standard InChI is InChI=1S/C14H22N2O2/c1-18-14-6-4-12(5-7-14)15-10-13(17)11-16-8-2-3-9-16/h4-7,13,15,17H,2-3,8-11H2,1H3/t13-/m1/s1. The number of hydrogen-bond donors (Lipinski definition) is 2. The number of anilines is 1. The lowest BCUT2D eigenvalue weighted by Crippen LogP contribution is -2.34. The van der Waals surface area contributed by atoms with E-state index in [4.69, 9.17) is 4.74 Å². The molecule has 1 aromatic carbocycles. The lowest BCUT2D eigenvalue weighted by Gasteiger charge is -2.20. The van der Waals surface area contributed by atoms with Gasteiger partial charge < -0.3 is 20.1 Å². The molecule has 1 aliphatic rings. The highest BCUT2D eigenvalue weighted by Crippen LogP contribution is 2.15. The molecule has 2 rings (SSSR count). The van der Waals surface area contributed by atoms with Crippen LogP contribution in [0.25, 0.3) is 0 Å². The maximum atomic E-state index is 9.94. The monoisotopic (exact) mass is 250 g/mol. The Bertz CT molecular complexity index is 347. The molecule has 4 heteroatoms. The third kappa shape index (κ3) is 3.89. The number of benzene rings is 1. The van der Waals surface area contributed by atoms with Crippen molar-refractivity contribution in [1.29, 1.82) is 0 Å². The summed E-state index contributed by atoms with van der Waals surface area (Å²) in [5.41, 5.74) is 1.01. The van der Waals surface area contributed by atoms with Crippen LogP contribution in [-0.2, 0) is 0 Å². The van der Waals surface area contributed by atoms with Gasteiger partial charge >= 0.3 is 0 Å². The van der Waals surface area contributed by atoms with Gasteiger partial charge in [0.25, 0.3) is 0 Å². The Kier molecular flexibility index (Phi) is 4.84. The van der Waals surface area contributed by atoms with E-state index in [-0.39, 0.29) is 6.10 Å². The van der Waals surface area contributed by atoms with Gasteiger partial charge in [-0.2, -0.15) is 0 Å². The van der Waals surface area contributed by atoms with Crippen LogP contribution in [0.5, 0.6) is 5.75 Å². The summed E-state index contributed by atoms with van der Waals surface area (Å²) in [5, 5.41) is 13.2. The molecule has 1 saturated heterocycles. The van der Waals surface area contributed by atoms with Crippen LogP contribution >= 0.6 is 0 Å². The molecule has 1 heterocycles. The summed E-state index contributed by atoms with van der Waals surface area (Å²) in [6.45, 7) is 3.60. The van der Waals surface area contributed by atoms with Gasteiger partial charge in [0.2, 0.25) is 0 Å². The summed E-state index contributed by atoms with van der Waals surface area (Å²) in [6.07, 6.45) is 2.21. The van der Waals surface area contributed by atoms with Gasteiger partial charge in [-0.1, -0.05) is 0 Å². The van der Waals surface area contributed by atoms with Crippen molar-refractivity contribution in [2.24, 2.45) is 0 Å². The molecule has 100 valence electrons. The van der Waals surface area contributed by atoms with Crippen molar-refractivity contribution in [2.45, 2.75) is 18.9 Å². The summed E-state index contributed by atoms with van der Waals surface area (Å²) in [6, 6.07) is 7.74. The number of ether oxygens (including phenoxy) is 1. The second-order valence-corrected chi connectivity index (χ2v) is 4.77. The number of likely N-dealkylation sites (tertiary alicyclic amines) is 1. The van der Waals surface area contributed by atoms with E-state index in [0.717, 1.165) is 31.1 Å². The Hall–Kier alpha value is -1.26. The van der Waals surface area contributed by atoms with Gasteiger partial charge in [0.1, 0.15) is 5.75 Å². The SMILES string of the molecule is COc1ccc(NC[C@@H](O)CN2CCCC2)cc1. The van der Waals surface area contributed by atoms with E-state index in [2.05, 4.69) is 10.2 Å². The van der Waals surface area contributed by atoms with Crippen LogP contribution in [-0.4, -0.2) is 49.4 Å².